The number of rotatable bonds is 8. The van der Waals surface area contributed by atoms with Gasteiger partial charge in [-0.05, 0) is 87.7 Å². The molecule has 0 saturated carbocycles. The molecule has 2 N–H and O–H groups in total. The molecule has 0 heterocycles. The maximum Gasteiger partial charge on any atom is 0.330 e. The van der Waals surface area contributed by atoms with Gasteiger partial charge >= 0.3 is 15.0 Å². The molecule has 0 aliphatic heterocycles. The van der Waals surface area contributed by atoms with E-state index in [1.807, 2.05) is 39.8 Å². The van der Waals surface area contributed by atoms with Crippen molar-refractivity contribution in [2.75, 3.05) is 0 Å². The van der Waals surface area contributed by atoms with Gasteiger partial charge in [0.2, 0.25) is 0 Å². The van der Waals surface area contributed by atoms with Crippen LogP contribution in [0.4, 0.5) is 0 Å². The Morgan fingerprint density at radius 3 is 1.17 bits per heavy atom. The highest BCUT2D eigenvalue weighted by Gasteiger charge is 2.36. The molecule has 4 aromatic rings. The van der Waals surface area contributed by atoms with Crippen LogP contribution in [-0.4, -0.2) is 47.6 Å². The molecule has 0 spiro atoms. The molecule has 0 unspecified atom stereocenters. The van der Waals surface area contributed by atoms with Crippen LogP contribution in [0.25, 0.3) is 32.3 Å². The average Bonchev–Trinajstić information content (AvgIpc) is 2.80. The van der Waals surface area contributed by atoms with Crippen molar-refractivity contribution in [2.45, 2.75) is 77.8 Å². The van der Waals surface area contributed by atoms with Crippen LogP contribution in [0.3, 0.4) is 0 Å². The summed E-state index contributed by atoms with van der Waals surface area (Å²) in [6, 6.07) is 21.1. The molecule has 0 fully saturated rings. The number of aliphatic hydroxyl groups is 2. The standard InChI is InChI=1S/C30H36B2O4/c1-27(2,33)29(5,6)35-31-19-13-15-23-24-16-14-20(32-36-30(7,8)28(3,4)34)18-26(24)22-12-10-9-11-21(22)25(23)17-19/h9-18,33-34H,1-8H3. The Morgan fingerprint density at radius 2 is 0.833 bits per heavy atom. The van der Waals surface area contributed by atoms with Gasteiger partial charge in [-0.2, -0.15) is 0 Å². The minimum Gasteiger partial charge on any atom is -0.427 e. The maximum absolute atomic E-state index is 10.4. The van der Waals surface area contributed by atoms with Gasteiger partial charge in [0, 0.05) is 0 Å². The normalized spacial score (nSPS) is 13.5. The molecule has 4 aromatic carbocycles. The summed E-state index contributed by atoms with van der Waals surface area (Å²) in [5.74, 6) is 0. The molecule has 6 heteroatoms. The summed E-state index contributed by atoms with van der Waals surface area (Å²) in [6.07, 6.45) is 0. The van der Waals surface area contributed by atoms with Crippen molar-refractivity contribution in [1.29, 1.82) is 0 Å². The van der Waals surface area contributed by atoms with Crippen molar-refractivity contribution in [2.24, 2.45) is 0 Å². The highest BCUT2D eigenvalue weighted by Crippen LogP contribution is 2.34. The molecule has 0 saturated heterocycles. The van der Waals surface area contributed by atoms with Gasteiger partial charge in [0.25, 0.3) is 0 Å². The second-order valence-corrected chi connectivity index (χ2v) is 11.8. The van der Waals surface area contributed by atoms with Crippen LogP contribution < -0.4 is 10.9 Å². The van der Waals surface area contributed by atoms with Gasteiger partial charge in [-0.25, -0.2) is 0 Å². The van der Waals surface area contributed by atoms with E-state index in [2.05, 4.69) is 48.5 Å². The van der Waals surface area contributed by atoms with E-state index in [1.165, 1.54) is 0 Å². The molecule has 36 heavy (non-hydrogen) atoms. The minimum atomic E-state index is -0.982. The number of fused-ring (bicyclic) bond motifs is 6. The smallest absolute Gasteiger partial charge is 0.330 e. The molecule has 186 valence electrons. The van der Waals surface area contributed by atoms with E-state index in [1.54, 1.807) is 42.7 Å². The Balaban J connectivity index is 1.75. The molecular weight excluding hydrogens is 446 g/mol. The van der Waals surface area contributed by atoms with Gasteiger partial charge in [0.05, 0.1) is 22.4 Å². The van der Waals surface area contributed by atoms with Crippen LogP contribution in [0, 0.1) is 0 Å². The SMILES string of the molecule is CC(C)(O)C(C)(C)O[B]c1ccc2c3ccc([B]OC(C)(C)C(C)(C)O)cc3c3ccccc3c2c1. The van der Waals surface area contributed by atoms with Crippen LogP contribution in [-0.2, 0) is 9.31 Å². The third-order valence-electron chi connectivity index (χ3n) is 7.81. The predicted molar refractivity (Wildman–Crippen MR) is 153 cm³/mol. The van der Waals surface area contributed by atoms with E-state index in [0.29, 0.717) is 0 Å². The average molecular weight is 482 g/mol. The zero-order chi connectivity index (χ0) is 26.5. The molecule has 0 atom stereocenters. The fraction of sp³-hybridized carbons (Fsp3) is 0.400. The van der Waals surface area contributed by atoms with Gasteiger partial charge < -0.3 is 19.5 Å². The van der Waals surface area contributed by atoms with E-state index in [4.69, 9.17) is 9.31 Å². The van der Waals surface area contributed by atoms with Gasteiger partial charge in [-0.1, -0.05) is 71.6 Å². The molecular formula is C30H36B2O4. The van der Waals surface area contributed by atoms with Crippen LogP contribution in [0.5, 0.6) is 0 Å². The predicted octanol–water partition coefficient (Wildman–Crippen LogP) is 4.77. The van der Waals surface area contributed by atoms with Crippen molar-refractivity contribution >= 4 is 58.2 Å². The summed E-state index contributed by atoms with van der Waals surface area (Å²) in [7, 11) is 3.46. The Bertz CT molecular complexity index is 1280. The van der Waals surface area contributed by atoms with Gasteiger partial charge in [0.15, 0.2) is 0 Å². The van der Waals surface area contributed by atoms with E-state index in [-0.39, 0.29) is 0 Å². The maximum atomic E-state index is 10.4. The zero-order valence-electron chi connectivity index (χ0n) is 22.6. The Kier molecular flexibility index (Phi) is 6.81. The van der Waals surface area contributed by atoms with E-state index >= 15 is 0 Å². The van der Waals surface area contributed by atoms with Crippen LogP contribution in [0.2, 0.25) is 0 Å². The highest BCUT2D eigenvalue weighted by molar-refractivity contribution is 6.49. The van der Waals surface area contributed by atoms with Gasteiger partial charge in [-0.15, -0.1) is 0 Å². The molecule has 0 aliphatic rings. The number of benzene rings is 4. The lowest BCUT2D eigenvalue weighted by Crippen LogP contribution is -2.49. The summed E-state index contributed by atoms with van der Waals surface area (Å²) >= 11 is 0. The molecule has 0 aliphatic carbocycles. The van der Waals surface area contributed by atoms with Crippen LogP contribution in [0.1, 0.15) is 55.4 Å². The highest BCUT2D eigenvalue weighted by atomic mass is 16.5. The van der Waals surface area contributed by atoms with Gasteiger partial charge in [0.1, 0.15) is 0 Å². The summed E-state index contributed by atoms with van der Waals surface area (Å²) < 4.78 is 12.0. The third kappa shape index (κ3) is 5.05. The van der Waals surface area contributed by atoms with Crippen molar-refractivity contribution in [3.63, 3.8) is 0 Å². The second kappa shape index (κ2) is 9.18. The fourth-order valence-electron chi connectivity index (χ4n) is 3.86. The van der Waals surface area contributed by atoms with E-state index in [0.717, 1.165) is 43.2 Å². The zero-order valence-corrected chi connectivity index (χ0v) is 22.6. The lowest BCUT2D eigenvalue weighted by Gasteiger charge is -2.37. The monoisotopic (exact) mass is 482 g/mol. The van der Waals surface area contributed by atoms with Crippen LogP contribution >= 0.6 is 0 Å². The quantitative estimate of drug-likeness (QED) is 0.281. The van der Waals surface area contributed by atoms with E-state index < -0.39 is 22.4 Å². The minimum absolute atomic E-state index is 0.734. The lowest BCUT2D eigenvalue weighted by molar-refractivity contribution is -0.0893. The van der Waals surface area contributed by atoms with Crippen molar-refractivity contribution in [3.05, 3.63) is 60.7 Å². The number of hydrogen-bond donors (Lipinski definition) is 2. The first-order valence-corrected chi connectivity index (χ1v) is 12.5. The largest absolute Gasteiger partial charge is 0.427 e. The molecule has 0 bridgehead atoms. The first kappa shape index (κ1) is 26.7. The van der Waals surface area contributed by atoms with Crippen LogP contribution in [0.15, 0.2) is 60.7 Å². The number of hydrogen-bond acceptors (Lipinski definition) is 4. The topological polar surface area (TPSA) is 58.9 Å². The first-order valence-electron chi connectivity index (χ1n) is 12.5. The summed E-state index contributed by atoms with van der Waals surface area (Å²) in [5, 5.41) is 27.8. The first-order chi connectivity index (χ1) is 16.6. The molecule has 0 amide bonds. The molecule has 4 rings (SSSR count). The summed E-state index contributed by atoms with van der Waals surface area (Å²) in [4.78, 5) is 0. The van der Waals surface area contributed by atoms with E-state index in [9.17, 15) is 10.2 Å². The summed E-state index contributed by atoms with van der Waals surface area (Å²) in [5.41, 5.74) is -1.55. The lowest BCUT2D eigenvalue weighted by atomic mass is 9.79. The van der Waals surface area contributed by atoms with Crippen molar-refractivity contribution < 1.29 is 19.5 Å². The van der Waals surface area contributed by atoms with Crippen molar-refractivity contribution in [1.82, 2.24) is 0 Å². The molecule has 2 radical (unpaired) electrons. The fourth-order valence-corrected chi connectivity index (χ4v) is 3.86. The Hall–Kier alpha value is -2.37. The Morgan fingerprint density at radius 1 is 0.500 bits per heavy atom. The van der Waals surface area contributed by atoms with Crippen molar-refractivity contribution in [3.8, 4) is 0 Å². The molecule has 0 aromatic heterocycles. The van der Waals surface area contributed by atoms with Gasteiger partial charge in [-0.3, -0.25) is 0 Å². The second-order valence-electron chi connectivity index (χ2n) is 11.8. The third-order valence-corrected chi connectivity index (χ3v) is 7.81. The summed E-state index contributed by atoms with van der Waals surface area (Å²) in [6.45, 7) is 14.5. The molecule has 4 nitrogen and oxygen atoms in total. The Labute approximate surface area is 216 Å².